The number of hydrogen-bond acceptors (Lipinski definition) is 2. The largest absolute Gasteiger partial charge is 0.297 e. The quantitative estimate of drug-likeness (QED) is 0.859. The Bertz CT molecular complexity index is 558. The molecule has 1 atom stereocenters. The third-order valence-corrected chi connectivity index (χ3v) is 3.38. The Labute approximate surface area is 108 Å². The first-order chi connectivity index (χ1) is 7.59. The van der Waals surface area contributed by atoms with Crippen molar-refractivity contribution in [1.82, 2.24) is 14.8 Å². The summed E-state index contributed by atoms with van der Waals surface area (Å²) in [7, 11) is 0. The standard InChI is InChI=1S/C11H12BrN3S/c1-7(9-4-3-5-10(12)6-9)15-8(2)13-14-11(15)16/h3-7H,1-2H3,(H,14,16). The molecule has 0 saturated carbocycles. The Balaban J connectivity index is 2.47. The lowest BCUT2D eigenvalue weighted by Crippen LogP contribution is -2.08. The lowest BCUT2D eigenvalue weighted by atomic mass is 10.1. The number of H-pyrrole nitrogens is 1. The topological polar surface area (TPSA) is 33.6 Å². The van der Waals surface area contributed by atoms with E-state index < -0.39 is 0 Å². The number of nitrogens with zero attached hydrogens (tertiary/aromatic N) is 2. The fraction of sp³-hybridized carbons (Fsp3) is 0.273. The highest BCUT2D eigenvalue weighted by Gasteiger charge is 2.11. The molecule has 1 unspecified atom stereocenters. The predicted octanol–water partition coefficient (Wildman–Crippen LogP) is 3.62. The van der Waals surface area contributed by atoms with Crippen molar-refractivity contribution in [3.05, 3.63) is 44.9 Å². The van der Waals surface area contributed by atoms with Gasteiger partial charge in [-0.2, -0.15) is 5.10 Å². The minimum absolute atomic E-state index is 0.184. The molecule has 2 aromatic rings. The van der Waals surface area contributed by atoms with Crippen LogP contribution in [-0.4, -0.2) is 14.8 Å². The maximum atomic E-state index is 5.22. The Kier molecular flexibility index (Phi) is 3.25. The summed E-state index contributed by atoms with van der Waals surface area (Å²) in [4.78, 5) is 0. The molecule has 16 heavy (non-hydrogen) atoms. The second-order valence-corrected chi connectivity index (χ2v) is 4.98. The first kappa shape index (κ1) is 11.5. The van der Waals surface area contributed by atoms with Crippen LogP contribution in [0.25, 0.3) is 0 Å². The second kappa shape index (κ2) is 4.51. The summed E-state index contributed by atoms with van der Waals surface area (Å²) < 4.78 is 3.74. The maximum absolute atomic E-state index is 5.22. The Morgan fingerprint density at radius 1 is 1.50 bits per heavy atom. The van der Waals surface area contributed by atoms with Crippen LogP contribution in [0.1, 0.15) is 24.4 Å². The predicted molar refractivity (Wildman–Crippen MR) is 70.1 cm³/mol. The van der Waals surface area contributed by atoms with Crippen molar-refractivity contribution in [3.8, 4) is 0 Å². The average Bonchev–Trinajstić information content (AvgIpc) is 2.58. The number of aryl methyl sites for hydroxylation is 1. The zero-order chi connectivity index (χ0) is 11.7. The van der Waals surface area contributed by atoms with Crippen molar-refractivity contribution >= 4 is 28.1 Å². The Morgan fingerprint density at radius 3 is 2.81 bits per heavy atom. The molecule has 0 aliphatic carbocycles. The fourth-order valence-electron chi connectivity index (χ4n) is 1.76. The molecule has 5 heteroatoms. The van der Waals surface area contributed by atoms with E-state index in [4.69, 9.17) is 12.2 Å². The summed E-state index contributed by atoms with van der Waals surface area (Å²) in [6.45, 7) is 4.06. The van der Waals surface area contributed by atoms with Crippen molar-refractivity contribution in [2.75, 3.05) is 0 Å². The SMILES string of the molecule is Cc1n[nH]c(=S)n1C(C)c1cccc(Br)c1. The summed E-state index contributed by atoms with van der Waals surface area (Å²) in [5.41, 5.74) is 1.20. The molecule has 1 heterocycles. The van der Waals surface area contributed by atoms with Gasteiger partial charge in [-0.15, -0.1) is 0 Å². The third-order valence-electron chi connectivity index (χ3n) is 2.60. The summed E-state index contributed by atoms with van der Waals surface area (Å²) in [6, 6.07) is 8.40. The molecule has 1 aromatic carbocycles. The van der Waals surface area contributed by atoms with Crippen LogP contribution >= 0.6 is 28.1 Å². The number of aromatic nitrogens is 3. The smallest absolute Gasteiger partial charge is 0.195 e. The van der Waals surface area contributed by atoms with Crippen molar-refractivity contribution in [3.63, 3.8) is 0 Å². The summed E-state index contributed by atoms with van der Waals surface area (Å²) in [5, 5.41) is 6.93. The lowest BCUT2D eigenvalue weighted by Gasteiger charge is -2.14. The van der Waals surface area contributed by atoms with E-state index in [9.17, 15) is 0 Å². The van der Waals surface area contributed by atoms with Gasteiger partial charge in [0.05, 0.1) is 6.04 Å². The lowest BCUT2D eigenvalue weighted by molar-refractivity contribution is 0.610. The maximum Gasteiger partial charge on any atom is 0.195 e. The zero-order valence-corrected chi connectivity index (χ0v) is 11.5. The molecule has 1 N–H and O–H groups in total. The van der Waals surface area contributed by atoms with Crippen LogP contribution in [0, 0.1) is 11.7 Å². The molecule has 1 aromatic heterocycles. The molecule has 3 nitrogen and oxygen atoms in total. The molecule has 0 radical (unpaired) electrons. The molecule has 0 amide bonds. The highest BCUT2D eigenvalue weighted by Crippen LogP contribution is 2.22. The Hall–Kier alpha value is -0.940. The normalized spacial score (nSPS) is 12.7. The van der Waals surface area contributed by atoms with Gasteiger partial charge >= 0.3 is 0 Å². The number of nitrogens with one attached hydrogen (secondary N) is 1. The number of benzene rings is 1. The van der Waals surface area contributed by atoms with Gasteiger partial charge < -0.3 is 0 Å². The monoisotopic (exact) mass is 297 g/mol. The molecule has 84 valence electrons. The van der Waals surface area contributed by atoms with Gasteiger partial charge in [-0.1, -0.05) is 28.1 Å². The molecule has 0 bridgehead atoms. The number of halogens is 1. The summed E-state index contributed by atoms with van der Waals surface area (Å²) >= 11 is 8.69. The molecule has 0 aliphatic rings. The first-order valence-electron chi connectivity index (χ1n) is 4.98. The number of aromatic amines is 1. The molecular formula is C11H12BrN3S. The zero-order valence-electron chi connectivity index (χ0n) is 9.07. The van der Waals surface area contributed by atoms with Gasteiger partial charge in [0.25, 0.3) is 0 Å². The van der Waals surface area contributed by atoms with E-state index in [0.29, 0.717) is 4.77 Å². The van der Waals surface area contributed by atoms with Gasteiger partial charge in [-0.3, -0.25) is 9.67 Å². The first-order valence-corrected chi connectivity index (χ1v) is 6.18. The van der Waals surface area contributed by atoms with Crippen LogP contribution in [0.4, 0.5) is 0 Å². The molecular weight excluding hydrogens is 286 g/mol. The fourth-order valence-corrected chi connectivity index (χ4v) is 2.51. The average molecular weight is 298 g/mol. The van der Waals surface area contributed by atoms with Gasteiger partial charge in [0.15, 0.2) is 4.77 Å². The van der Waals surface area contributed by atoms with Gasteiger partial charge in [0.2, 0.25) is 0 Å². The van der Waals surface area contributed by atoms with E-state index in [2.05, 4.69) is 45.2 Å². The van der Waals surface area contributed by atoms with Crippen molar-refractivity contribution in [2.24, 2.45) is 0 Å². The van der Waals surface area contributed by atoms with Crippen molar-refractivity contribution in [1.29, 1.82) is 0 Å². The third kappa shape index (κ3) is 2.10. The van der Waals surface area contributed by atoms with Crippen LogP contribution in [0.3, 0.4) is 0 Å². The van der Waals surface area contributed by atoms with Crippen LogP contribution < -0.4 is 0 Å². The van der Waals surface area contributed by atoms with Crippen molar-refractivity contribution < 1.29 is 0 Å². The molecule has 0 saturated heterocycles. The number of hydrogen-bond donors (Lipinski definition) is 1. The summed E-state index contributed by atoms with van der Waals surface area (Å²) in [6.07, 6.45) is 0. The molecule has 0 spiro atoms. The van der Waals surface area contributed by atoms with Gasteiger partial charge in [0.1, 0.15) is 5.82 Å². The minimum Gasteiger partial charge on any atom is -0.297 e. The van der Waals surface area contributed by atoms with E-state index in [-0.39, 0.29) is 6.04 Å². The highest BCUT2D eigenvalue weighted by molar-refractivity contribution is 9.10. The number of rotatable bonds is 2. The minimum atomic E-state index is 0.184. The van der Waals surface area contributed by atoms with Gasteiger partial charge in [0, 0.05) is 4.47 Å². The van der Waals surface area contributed by atoms with E-state index in [1.807, 2.05) is 23.6 Å². The van der Waals surface area contributed by atoms with Crippen LogP contribution in [0.15, 0.2) is 28.7 Å². The van der Waals surface area contributed by atoms with Crippen LogP contribution in [0.5, 0.6) is 0 Å². The van der Waals surface area contributed by atoms with E-state index in [1.165, 1.54) is 5.56 Å². The second-order valence-electron chi connectivity index (χ2n) is 3.68. The van der Waals surface area contributed by atoms with E-state index >= 15 is 0 Å². The van der Waals surface area contributed by atoms with Gasteiger partial charge in [-0.05, 0) is 43.8 Å². The highest BCUT2D eigenvalue weighted by atomic mass is 79.9. The molecule has 0 aliphatic heterocycles. The van der Waals surface area contributed by atoms with Gasteiger partial charge in [-0.25, -0.2) is 0 Å². The van der Waals surface area contributed by atoms with Crippen LogP contribution in [-0.2, 0) is 0 Å². The van der Waals surface area contributed by atoms with E-state index in [0.717, 1.165) is 10.3 Å². The van der Waals surface area contributed by atoms with Crippen molar-refractivity contribution in [2.45, 2.75) is 19.9 Å². The Morgan fingerprint density at radius 2 is 2.25 bits per heavy atom. The molecule has 2 rings (SSSR count). The summed E-state index contributed by atoms with van der Waals surface area (Å²) in [5.74, 6) is 0.900. The molecule has 0 fully saturated rings. The van der Waals surface area contributed by atoms with E-state index in [1.54, 1.807) is 0 Å². The van der Waals surface area contributed by atoms with Crippen LogP contribution in [0.2, 0.25) is 0 Å².